The van der Waals surface area contributed by atoms with Crippen LogP contribution in [0, 0.1) is 46.3 Å². The average molecular weight is 843 g/mol. The fourth-order valence-electron chi connectivity index (χ4n) is 13.4. The molecule has 0 spiro atoms. The standard InChI is InChI=1S/C53H78O8/c1-35(2)17-16-18-36(3)42-25-26-43-41-24-23-39-31-40(27-29-50(39,4)44(41)28-30-51(42,43)5)58-49-48(57-33-38-21-14-11-15-22-38)47-46(60-52(6,54-8)53(7,55-9)61-47)45(59-49)34-56-32-37-19-12-10-13-20-37/h10-15,19-23,35-36,40-49H,16-18,24-34H2,1-9H3/t36-,40+,41+,42-,43+,44+,45-,46-,47+,48+,49+,50+,51-,52?,53?/m1/s1. The van der Waals surface area contributed by atoms with Gasteiger partial charge in [0, 0.05) is 14.2 Å². The van der Waals surface area contributed by atoms with Gasteiger partial charge in [-0.3, -0.25) is 0 Å². The van der Waals surface area contributed by atoms with E-state index >= 15 is 0 Å². The minimum Gasteiger partial charge on any atom is -0.374 e. The van der Waals surface area contributed by atoms with E-state index in [1.54, 1.807) is 19.8 Å². The van der Waals surface area contributed by atoms with Crippen LogP contribution in [0.5, 0.6) is 0 Å². The zero-order valence-electron chi connectivity index (χ0n) is 38.9. The van der Waals surface area contributed by atoms with Gasteiger partial charge in [0.2, 0.25) is 11.6 Å². The second kappa shape index (κ2) is 18.8. The number of allylic oxidation sites excluding steroid dienone is 1. The van der Waals surface area contributed by atoms with Crippen molar-refractivity contribution in [1.29, 1.82) is 0 Å². The van der Waals surface area contributed by atoms with E-state index < -0.39 is 42.3 Å². The molecule has 15 atom stereocenters. The molecule has 61 heavy (non-hydrogen) atoms. The molecule has 2 saturated heterocycles. The summed E-state index contributed by atoms with van der Waals surface area (Å²) in [7, 11) is 3.25. The van der Waals surface area contributed by atoms with Gasteiger partial charge in [-0.2, -0.15) is 0 Å². The largest absolute Gasteiger partial charge is 0.374 e. The zero-order chi connectivity index (χ0) is 43.0. The molecule has 2 aliphatic heterocycles. The number of methoxy groups -OCH3 is 2. The van der Waals surface area contributed by atoms with Gasteiger partial charge in [0.25, 0.3) is 0 Å². The Balaban J connectivity index is 1.01. The van der Waals surface area contributed by atoms with Gasteiger partial charge in [-0.05, 0) is 123 Å². The Labute approximate surface area is 368 Å². The smallest absolute Gasteiger partial charge is 0.220 e. The van der Waals surface area contributed by atoms with Gasteiger partial charge in [0.15, 0.2) is 6.29 Å². The summed E-state index contributed by atoms with van der Waals surface area (Å²) >= 11 is 0. The van der Waals surface area contributed by atoms with Gasteiger partial charge >= 0.3 is 0 Å². The van der Waals surface area contributed by atoms with Crippen LogP contribution in [0.3, 0.4) is 0 Å². The van der Waals surface area contributed by atoms with Crippen LogP contribution in [-0.2, 0) is 51.1 Å². The van der Waals surface area contributed by atoms with Crippen LogP contribution in [0.25, 0.3) is 0 Å². The molecule has 5 fully saturated rings. The number of fused-ring (bicyclic) bond motifs is 6. The third-order valence-corrected chi connectivity index (χ3v) is 17.2. The maximum atomic E-state index is 7.21. The maximum absolute atomic E-state index is 7.21. The van der Waals surface area contributed by atoms with Crippen LogP contribution >= 0.6 is 0 Å². The summed E-state index contributed by atoms with van der Waals surface area (Å²) in [6.07, 6.45) is 13.6. The summed E-state index contributed by atoms with van der Waals surface area (Å²) < 4.78 is 53.3. The third kappa shape index (κ3) is 8.97. The highest BCUT2D eigenvalue weighted by Gasteiger charge is 2.64. The first-order valence-electron chi connectivity index (χ1n) is 24.0. The maximum Gasteiger partial charge on any atom is 0.220 e. The van der Waals surface area contributed by atoms with Crippen molar-refractivity contribution in [3.05, 3.63) is 83.4 Å². The summed E-state index contributed by atoms with van der Waals surface area (Å²) in [5.41, 5.74) is 4.45. The molecule has 4 aliphatic carbocycles. The molecule has 338 valence electrons. The molecule has 0 bridgehead atoms. The molecular weight excluding hydrogens is 765 g/mol. The molecule has 2 heterocycles. The third-order valence-electron chi connectivity index (χ3n) is 17.2. The lowest BCUT2D eigenvalue weighted by Gasteiger charge is -2.59. The van der Waals surface area contributed by atoms with E-state index in [0.29, 0.717) is 18.6 Å². The van der Waals surface area contributed by atoms with Gasteiger partial charge in [0.1, 0.15) is 24.4 Å². The van der Waals surface area contributed by atoms with E-state index in [1.807, 2.05) is 50.2 Å². The van der Waals surface area contributed by atoms with Crippen molar-refractivity contribution in [2.24, 2.45) is 46.3 Å². The summed E-state index contributed by atoms with van der Waals surface area (Å²) in [5, 5.41) is 0. The molecule has 6 aliphatic rings. The van der Waals surface area contributed by atoms with Gasteiger partial charge in [-0.15, -0.1) is 0 Å². The highest BCUT2D eigenvalue weighted by atomic mass is 16.8. The van der Waals surface area contributed by atoms with Crippen LogP contribution < -0.4 is 0 Å². The number of rotatable bonds is 16. The van der Waals surface area contributed by atoms with E-state index in [2.05, 4.69) is 65.0 Å². The van der Waals surface area contributed by atoms with Crippen molar-refractivity contribution in [2.45, 2.75) is 181 Å². The first-order chi connectivity index (χ1) is 29.3. The van der Waals surface area contributed by atoms with Crippen molar-refractivity contribution in [2.75, 3.05) is 20.8 Å². The average Bonchev–Trinajstić information content (AvgIpc) is 3.62. The SMILES string of the molecule is COC1(C)O[C@@H]2[C@H](OCc3ccccc3)[C@@H](O[C@H]3CC[C@@]4(C)C(=CC[C@H]5[C@@H]6CC[C@H]([C@H](C)CCCC(C)C)[C@@]6(C)CC[C@@H]54)C3)O[C@H](COCc3ccccc3)[C@H]2OC1(C)OC. The predicted molar refractivity (Wildman–Crippen MR) is 238 cm³/mol. The molecule has 0 N–H and O–H groups in total. The Kier molecular flexibility index (Phi) is 14.0. The van der Waals surface area contributed by atoms with Crippen LogP contribution in [0.15, 0.2) is 72.3 Å². The molecule has 3 saturated carbocycles. The lowest BCUT2D eigenvalue weighted by atomic mass is 9.47. The molecule has 0 aromatic heterocycles. The molecule has 8 heteroatoms. The van der Waals surface area contributed by atoms with Crippen LogP contribution in [0.4, 0.5) is 0 Å². The quantitative estimate of drug-likeness (QED) is 0.155. The molecule has 0 amide bonds. The lowest BCUT2D eigenvalue weighted by molar-refractivity contribution is -0.483. The first kappa shape index (κ1) is 45.4. The van der Waals surface area contributed by atoms with E-state index in [0.717, 1.165) is 65.9 Å². The molecule has 2 unspecified atom stereocenters. The first-order valence-corrected chi connectivity index (χ1v) is 24.0. The number of ether oxygens (including phenoxy) is 8. The highest BCUT2D eigenvalue weighted by Crippen LogP contribution is 2.67. The second-order valence-corrected chi connectivity index (χ2v) is 21.1. The van der Waals surface area contributed by atoms with Crippen molar-refractivity contribution in [3.8, 4) is 0 Å². The molecule has 2 aromatic carbocycles. The number of hydrogen-bond donors (Lipinski definition) is 0. The molecular formula is C53H78O8. The fraction of sp³-hybridized carbons (Fsp3) is 0.736. The number of hydrogen-bond acceptors (Lipinski definition) is 8. The van der Waals surface area contributed by atoms with E-state index in [-0.39, 0.29) is 18.1 Å². The van der Waals surface area contributed by atoms with Gasteiger partial charge in [-0.1, -0.05) is 126 Å². The summed E-state index contributed by atoms with van der Waals surface area (Å²) in [6.45, 7) is 17.5. The summed E-state index contributed by atoms with van der Waals surface area (Å²) in [5.74, 6) is 2.43. The molecule has 8 nitrogen and oxygen atoms in total. The van der Waals surface area contributed by atoms with E-state index in [9.17, 15) is 0 Å². The Bertz CT molecular complexity index is 1750. The number of benzene rings is 2. The minimum atomic E-state index is -1.23. The van der Waals surface area contributed by atoms with Crippen molar-refractivity contribution in [1.82, 2.24) is 0 Å². The van der Waals surface area contributed by atoms with E-state index in [4.69, 9.17) is 37.9 Å². The van der Waals surface area contributed by atoms with Crippen LogP contribution in [0.1, 0.15) is 130 Å². The fourth-order valence-corrected chi connectivity index (χ4v) is 13.4. The minimum absolute atomic E-state index is 0.00916. The Morgan fingerprint density at radius 1 is 0.738 bits per heavy atom. The van der Waals surface area contributed by atoms with Crippen LogP contribution in [-0.4, -0.2) is 69.2 Å². The normalized spacial score (nSPS) is 41.3. The van der Waals surface area contributed by atoms with Crippen LogP contribution in [0.2, 0.25) is 0 Å². The molecule has 2 aromatic rings. The van der Waals surface area contributed by atoms with Crippen molar-refractivity contribution in [3.63, 3.8) is 0 Å². The monoisotopic (exact) mass is 843 g/mol. The summed E-state index contributed by atoms with van der Waals surface area (Å²) in [4.78, 5) is 0. The van der Waals surface area contributed by atoms with Gasteiger partial charge < -0.3 is 37.9 Å². The lowest BCUT2D eigenvalue weighted by Crippen LogP contribution is -2.73. The zero-order valence-corrected chi connectivity index (χ0v) is 38.9. The molecule has 8 rings (SSSR count). The van der Waals surface area contributed by atoms with Gasteiger partial charge in [0.05, 0.1) is 25.9 Å². The van der Waals surface area contributed by atoms with E-state index in [1.165, 1.54) is 51.4 Å². The Morgan fingerprint density at radius 2 is 1.41 bits per heavy atom. The van der Waals surface area contributed by atoms with Crippen molar-refractivity contribution < 1.29 is 37.9 Å². The van der Waals surface area contributed by atoms with Crippen molar-refractivity contribution >= 4 is 0 Å². The Hall–Kier alpha value is -2.14. The Morgan fingerprint density at radius 3 is 2.08 bits per heavy atom. The topological polar surface area (TPSA) is 73.8 Å². The second-order valence-electron chi connectivity index (χ2n) is 21.1. The molecule has 0 radical (unpaired) electrons. The van der Waals surface area contributed by atoms with Gasteiger partial charge in [-0.25, -0.2) is 0 Å². The predicted octanol–water partition coefficient (Wildman–Crippen LogP) is 11.4. The summed E-state index contributed by atoms with van der Waals surface area (Å²) in [6, 6.07) is 20.5. The highest BCUT2D eigenvalue weighted by molar-refractivity contribution is 5.26.